The zero-order chi connectivity index (χ0) is 21.1. The van der Waals surface area contributed by atoms with Crippen molar-refractivity contribution in [1.29, 1.82) is 0 Å². The number of amides is 1. The van der Waals surface area contributed by atoms with Crippen molar-refractivity contribution in [3.05, 3.63) is 66.7 Å². The second-order valence-electron chi connectivity index (χ2n) is 6.46. The molecule has 0 saturated carbocycles. The Labute approximate surface area is 177 Å². The summed E-state index contributed by atoms with van der Waals surface area (Å²) in [4.78, 5) is 16.9. The summed E-state index contributed by atoms with van der Waals surface area (Å²) in [6.45, 7) is 0. The second-order valence-corrected chi connectivity index (χ2v) is 6.87. The highest BCUT2D eigenvalue weighted by molar-refractivity contribution is 7.82. The maximum atomic E-state index is 12.4. The van der Waals surface area contributed by atoms with Crippen molar-refractivity contribution < 1.29 is 13.9 Å². The Kier molecular flexibility index (Phi) is 5.32. The van der Waals surface area contributed by atoms with Crippen molar-refractivity contribution in [2.75, 3.05) is 23.5 Å². The number of hydrogen-bond donors (Lipinski definition) is 3. The molecule has 30 heavy (non-hydrogen) atoms. The molecule has 1 heterocycles. The van der Waals surface area contributed by atoms with E-state index in [9.17, 15) is 4.79 Å². The number of hydrogen-bond acceptors (Lipinski definition) is 6. The van der Waals surface area contributed by atoms with Crippen LogP contribution in [0.2, 0.25) is 0 Å². The van der Waals surface area contributed by atoms with Gasteiger partial charge in [-0.25, -0.2) is 4.98 Å². The van der Waals surface area contributed by atoms with Gasteiger partial charge in [-0.1, -0.05) is 18.3 Å². The van der Waals surface area contributed by atoms with E-state index in [1.165, 1.54) is 0 Å². The Hall–Kier alpha value is -3.91. The average Bonchev–Trinajstić information content (AvgIpc) is 3.17. The number of benzene rings is 3. The molecule has 1 amide bonds. The Balaban J connectivity index is 1.48. The highest BCUT2D eigenvalue weighted by Crippen LogP contribution is 2.27. The van der Waals surface area contributed by atoms with Gasteiger partial charge >= 0.3 is 0 Å². The van der Waals surface area contributed by atoms with Crippen LogP contribution in [0.15, 0.2) is 71.1 Å². The zero-order valence-electron chi connectivity index (χ0n) is 16.0. The molecule has 4 rings (SSSR count). The summed E-state index contributed by atoms with van der Waals surface area (Å²) in [5.74, 6) is 0.696. The molecule has 0 saturated heterocycles. The van der Waals surface area contributed by atoms with E-state index < -0.39 is 5.91 Å². The minimum Gasteiger partial charge on any atom is -0.497 e. The fourth-order valence-corrected chi connectivity index (χ4v) is 3.00. The van der Waals surface area contributed by atoms with Gasteiger partial charge in [0.2, 0.25) is 5.89 Å². The van der Waals surface area contributed by atoms with Crippen LogP contribution in [0.5, 0.6) is 5.75 Å². The second kappa shape index (κ2) is 8.22. The topological polar surface area (TPSA) is 102 Å². The summed E-state index contributed by atoms with van der Waals surface area (Å²) in [6, 6.07) is 19.6. The number of methoxy groups -OCH3 is 1. The molecule has 0 atom stereocenters. The number of carbonyl (C=O) groups is 1. The Bertz CT molecular complexity index is 1230. The molecule has 0 aliphatic heterocycles. The van der Waals surface area contributed by atoms with Gasteiger partial charge in [0.05, 0.1) is 7.11 Å². The van der Waals surface area contributed by atoms with Crippen LogP contribution in [-0.2, 0) is 4.79 Å². The maximum absolute atomic E-state index is 12.4. The number of aromatic nitrogens is 1. The van der Waals surface area contributed by atoms with E-state index in [1.807, 2.05) is 12.1 Å². The van der Waals surface area contributed by atoms with Gasteiger partial charge in [-0.15, -0.1) is 0 Å². The summed E-state index contributed by atoms with van der Waals surface area (Å²) in [5.41, 5.74) is 9.70. The number of nitrogen functional groups attached to an aromatic ring is 1. The molecule has 7 nitrogen and oxygen atoms in total. The van der Waals surface area contributed by atoms with Crippen LogP contribution in [0, 0.1) is 0 Å². The zero-order valence-corrected chi connectivity index (χ0v) is 16.8. The Morgan fingerprint density at radius 2 is 1.80 bits per heavy atom. The van der Waals surface area contributed by atoms with Gasteiger partial charge in [0.1, 0.15) is 11.3 Å². The lowest BCUT2D eigenvalue weighted by molar-refractivity contribution is -0.110. The van der Waals surface area contributed by atoms with E-state index in [0.29, 0.717) is 39.8 Å². The number of anilines is 3. The van der Waals surface area contributed by atoms with Crippen molar-refractivity contribution in [2.45, 2.75) is 0 Å². The third-order valence-corrected chi connectivity index (χ3v) is 4.62. The molecule has 4 aromatic rings. The number of nitrogens with two attached hydrogens (primary N) is 1. The predicted octanol–water partition coefficient (Wildman–Crippen LogP) is 4.46. The Morgan fingerprint density at radius 3 is 2.57 bits per heavy atom. The minimum atomic E-state index is -0.430. The smallest absolute Gasteiger partial charge is 0.283 e. The average molecular weight is 418 g/mol. The summed E-state index contributed by atoms with van der Waals surface area (Å²) in [6.07, 6.45) is 0. The molecule has 0 aliphatic carbocycles. The first-order valence-corrected chi connectivity index (χ1v) is 9.45. The molecule has 1 aromatic heterocycles. The molecule has 150 valence electrons. The lowest BCUT2D eigenvalue weighted by Crippen LogP contribution is -2.27. The van der Waals surface area contributed by atoms with Crippen molar-refractivity contribution in [1.82, 2.24) is 4.98 Å². The van der Waals surface area contributed by atoms with Gasteiger partial charge in [0.15, 0.2) is 10.6 Å². The number of thiocarbonyl (C=S) groups is 1. The number of ether oxygens (including phenoxy) is 1. The molecule has 0 unspecified atom stereocenters. The third kappa shape index (κ3) is 4.23. The summed E-state index contributed by atoms with van der Waals surface area (Å²) in [7, 11) is 1.56. The predicted molar refractivity (Wildman–Crippen MR) is 122 cm³/mol. The number of oxazole rings is 1. The van der Waals surface area contributed by atoms with Gasteiger partial charge < -0.3 is 25.5 Å². The first kappa shape index (κ1) is 19.4. The van der Waals surface area contributed by atoms with E-state index in [4.69, 9.17) is 27.1 Å². The number of nitrogens with zero attached hydrogens (tertiary/aromatic N) is 1. The normalized spacial score (nSPS) is 10.6. The molecular weight excluding hydrogens is 400 g/mol. The van der Waals surface area contributed by atoms with Crippen molar-refractivity contribution in [3.8, 4) is 17.2 Å². The minimum absolute atomic E-state index is 0.0272. The monoisotopic (exact) mass is 418 g/mol. The van der Waals surface area contributed by atoms with Gasteiger partial charge in [-0.3, -0.25) is 4.79 Å². The molecule has 8 heteroatoms. The largest absolute Gasteiger partial charge is 0.497 e. The van der Waals surface area contributed by atoms with E-state index in [1.54, 1.807) is 61.7 Å². The lowest BCUT2D eigenvalue weighted by atomic mass is 10.2. The van der Waals surface area contributed by atoms with Gasteiger partial charge in [0.25, 0.3) is 5.91 Å². The molecule has 4 N–H and O–H groups in total. The fourth-order valence-electron chi connectivity index (χ4n) is 2.83. The van der Waals surface area contributed by atoms with Crippen LogP contribution in [0.1, 0.15) is 0 Å². The van der Waals surface area contributed by atoms with E-state index in [2.05, 4.69) is 15.6 Å². The number of rotatable bonds is 4. The quantitative estimate of drug-likeness (QED) is 0.332. The van der Waals surface area contributed by atoms with E-state index in [-0.39, 0.29) is 4.99 Å². The van der Waals surface area contributed by atoms with Crippen molar-refractivity contribution in [2.24, 2.45) is 0 Å². The summed E-state index contributed by atoms with van der Waals surface area (Å²) < 4.78 is 10.9. The molecule has 0 radical (unpaired) electrons. The van der Waals surface area contributed by atoms with Crippen LogP contribution in [-0.4, -0.2) is 23.0 Å². The van der Waals surface area contributed by atoms with Crippen LogP contribution in [0.25, 0.3) is 22.6 Å². The number of carbonyl (C=O) groups excluding carboxylic acids is 1. The van der Waals surface area contributed by atoms with Gasteiger partial charge in [-0.05, 0) is 54.6 Å². The maximum Gasteiger partial charge on any atom is 0.283 e. The van der Waals surface area contributed by atoms with Crippen LogP contribution < -0.4 is 21.1 Å². The highest BCUT2D eigenvalue weighted by Gasteiger charge is 2.13. The fraction of sp³-hybridized carbons (Fsp3) is 0.0455. The van der Waals surface area contributed by atoms with Gasteiger partial charge in [-0.2, -0.15) is 0 Å². The highest BCUT2D eigenvalue weighted by atomic mass is 32.1. The lowest BCUT2D eigenvalue weighted by Gasteiger charge is -2.09. The van der Waals surface area contributed by atoms with Crippen LogP contribution in [0.3, 0.4) is 0 Å². The molecule has 0 spiro atoms. The number of nitrogens with one attached hydrogen (secondary N) is 2. The van der Waals surface area contributed by atoms with Crippen molar-refractivity contribution >= 4 is 51.3 Å². The Morgan fingerprint density at radius 1 is 1.03 bits per heavy atom. The van der Waals surface area contributed by atoms with Crippen LogP contribution >= 0.6 is 12.2 Å². The SMILES string of the molecule is COc1cccc(NC(=O)C(=S)Nc2ccc3oc(-c4ccc(N)cc4)nc3c2)c1. The summed E-state index contributed by atoms with van der Waals surface area (Å²) in [5, 5.41) is 5.67. The molecule has 0 fully saturated rings. The van der Waals surface area contributed by atoms with E-state index >= 15 is 0 Å². The molecule has 3 aromatic carbocycles. The summed E-state index contributed by atoms with van der Waals surface area (Å²) >= 11 is 5.23. The third-order valence-electron chi connectivity index (χ3n) is 4.34. The molecular formula is C22H18N4O3S. The van der Waals surface area contributed by atoms with Crippen molar-refractivity contribution in [3.63, 3.8) is 0 Å². The number of fused-ring (bicyclic) bond motifs is 1. The van der Waals surface area contributed by atoms with Crippen LogP contribution in [0.4, 0.5) is 17.1 Å². The molecule has 0 bridgehead atoms. The first-order chi connectivity index (χ1) is 14.5. The van der Waals surface area contributed by atoms with Gasteiger partial charge in [0, 0.05) is 28.7 Å². The van der Waals surface area contributed by atoms with E-state index in [0.717, 1.165) is 5.56 Å². The first-order valence-electron chi connectivity index (χ1n) is 9.05. The standard InChI is InChI=1S/C22H18N4O3S/c1-28-17-4-2-3-15(11-17)24-20(27)22(30)25-16-9-10-19-18(12-16)26-21(29-19)13-5-7-14(23)8-6-13/h2-12H,23H2,1H3,(H,24,27)(H,25,30). The molecule has 0 aliphatic rings.